The fraction of sp³-hybridized carbons (Fsp3) is 0.462. The van der Waals surface area contributed by atoms with Crippen LogP contribution < -0.4 is 15.8 Å². The van der Waals surface area contributed by atoms with Crippen molar-refractivity contribution in [1.82, 2.24) is 5.32 Å². The third-order valence-corrected chi connectivity index (χ3v) is 2.99. The minimum Gasteiger partial charge on any atom is -0.488 e. The maximum absolute atomic E-state index is 11.5. The third-order valence-electron chi connectivity index (χ3n) is 2.99. The number of nitrogens with one attached hydrogen (secondary N) is 1. The van der Waals surface area contributed by atoms with E-state index >= 15 is 0 Å². The van der Waals surface area contributed by atoms with Crippen LogP contribution in [0.4, 0.5) is 0 Å². The first-order valence-electron chi connectivity index (χ1n) is 5.98. The number of carbonyl (C=O) groups is 1. The predicted molar refractivity (Wildman–Crippen MR) is 65.8 cm³/mol. The molecule has 1 heterocycles. The summed E-state index contributed by atoms with van der Waals surface area (Å²) in [7, 11) is 0. The maximum Gasteiger partial charge on any atom is 0.237 e. The minimum absolute atomic E-state index is 0.0282. The molecule has 0 aliphatic carbocycles. The van der Waals surface area contributed by atoms with Gasteiger partial charge in [-0.25, -0.2) is 0 Å². The van der Waals surface area contributed by atoms with Crippen LogP contribution in [-0.2, 0) is 11.2 Å². The topological polar surface area (TPSA) is 64.4 Å². The summed E-state index contributed by atoms with van der Waals surface area (Å²) in [5, 5.41) is 2.82. The van der Waals surface area contributed by atoms with Crippen LogP contribution in [0.25, 0.3) is 0 Å². The first-order valence-corrected chi connectivity index (χ1v) is 5.98. The van der Waals surface area contributed by atoms with Crippen molar-refractivity contribution >= 4 is 5.91 Å². The predicted octanol–water partition coefficient (Wildman–Crippen LogP) is 0.844. The Labute approximate surface area is 101 Å². The van der Waals surface area contributed by atoms with Crippen LogP contribution in [-0.4, -0.2) is 24.6 Å². The van der Waals surface area contributed by atoms with Crippen molar-refractivity contribution in [2.75, 3.05) is 6.54 Å². The molecule has 1 amide bonds. The van der Waals surface area contributed by atoms with Gasteiger partial charge in [-0.2, -0.15) is 0 Å². The SMILES string of the molecule is CC[C@@H](N)C(=O)NCC1Cc2ccccc2O1. The van der Waals surface area contributed by atoms with Crippen molar-refractivity contribution in [3.8, 4) is 5.75 Å². The average Bonchev–Trinajstić information content (AvgIpc) is 2.77. The van der Waals surface area contributed by atoms with Crippen LogP contribution in [0.2, 0.25) is 0 Å². The lowest BCUT2D eigenvalue weighted by atomic mass is 10.1. The van der Waals surface area contributed by atoms with Crippen LogP contribution in [0.15, 0.2) is 24.3 Å². The molecule has 0 saturated heterocycles. The molecule has 1 aliphatic heterocycles. The quantitative estimate of drug-likeness (QED) is 0.811. The van der Waals surface area contributed by atoms with Gasteiger partial charge in [0.05, 0.1) is 12.6 Å². The summed E-state index contributed by atoms with van der Waals surface area (Å²) in [6.07, 6.45) is 1.52. The Morgan fingerprint density at radius 2 is 2.35 bits per heavy atom. The zero-order chi connectivity index (χ0) is 12.3. The molecule has 1 aromatic rings. The van der Waals surface area contributed by atoms with E-state index in [0.29, 0.717) is 13.0 Å². The number of benzene rings is 1. The molecule has 0 aromatic heterocycles. The molecule has 2 rings (SSSR count). The summed E-state index contributed by atoms with van der Waals surface area (Å²) in [4.78, 5) is 11.5. The highest BCUT2D eigenvalue weighted by molar-refractivity contribution is 5.81. The summed E-state index contributed by atoms with van der Waals surface area (Å²) < 4.78 is 5.72. The van der Waals surface area contributed by atoms with Crippen molar-refractivity contribution in [2.45, 2.75) is 31.9 Å². The lowest BCUT2D eigenvalue weighted by Crippen LogP contribution is -2.43. The number of ether oxygens (including phenoxy) is 1. The van der Waals surface area contributed by atoms with Crippen LogP contribution in [0.5, 0.6) is 5.75 Å². The van der Waals surface area contributed by atoms with Gasteiger partial charge in [0.1, 0.15) is 11.9 Å². The van der Waals surface area contributed by atoms with Gasteiger partial charge in [0.2, 0.25) is 5.91 Å². The van der Waals surface area contributed by atoms with E-state index < -0.39 is 6.04 Å². The number of hydrogen-bond acceptors (Lipinski definition) is 3. The number of carbonyl (C=O) groups excluding carboxylic acids is 1. The fourth-order valence-corrected chi connectivity index (χ4v) is 1.90. The third kappa shape index (κ3) is 2.77. The van der Waals surface area contributed by atoms with Gasteiger partial charge >= 0.3 is 0 Å². The Morgan fingerprint density at radius 3 is 3.06 bits per heavy atom. The van der Waals surface area contributed by atoms with Crippen LogP contribution in [0.1, 0.15) is 18.9 Å². The van der Waals surface area contributed by atoms with Crippen molar-refractivity contribution in [1.29, 1.82) is 0 Å². The Hall–Kier alpha value is -1.55. The van der Waals surface area contributed by atoms with Gasteiger partial charge in [0.15, 0.2) is 0 Å². The molecule has 3 N–H and O–H groups in total. The van der Waals surface area contributed by atoms with Gasteiger partial charge in [-0.3, -0.25) is 4.79 Å². The normalized spacial score (nSPS) is 19.3. The highest BCUT2D eigenvalue weighted by Gasteiger charge is 2.23. The van der Waals surface area contributed by atoms with Crippen LogP contribution in [0.3, 0.4) is 0 Å². The van der Waals surface area contributed by atoms with E-state index in [9.17, 15) is 4.79 Å². The fourth-order valence-electron chi connectivity index (χ4n) is 1.90. The zero-order valence-electron chi connectivity index (χ0n) is 9.98. The molecule has 4 nitrogen and oxygen atoms in total. The molecule has 0 bridgehead atoms. The molecule has 1 aliphatic rings. The highest BCUT2D eigenvalue weighted by atomic mass is 16.5. The number of rotatable bonds is 4. The van der Waals surface area contributed by atoms with E-state index in [2.05, 4.69) is 11.4 Å². The van der Waals surface area contributed by atoms with Gasteiger partial charge in [-0.15, -0.1) is 0 Å². The lowest BCUT2D eigenvalue weighted by Gasteiger charge is -2.14. The van der Waals surface area contributed by atoms with Gasteiger partial charge in [-0.05, 0) is 18.1 Å². The lowest BCUT2D eigenvalue weighted by molar-refractivity contribution is -0.122. The summed E-state index contributed by atoms with van der Waals surface area (Å²) in [5.41, 5.74) is 6.83. The molecule has 0 saturated carbocycles. The number of amides is 1. The second-order valence-corrected chi connectivity index (χ2v) is 4.31. The molecule has 1 aromatic carbocycles. The maximum atomic E-state index is 11.5. The smallest absolute Gasteiger partial charge is 0.237 e. The Kier molecular flexibility index (Phi) is 3.64. The van der Waals surface area contributed by atoms with Gasteiger partial charge in [0.25, 0.3) is 0 Å². The number of para-hydroxylation sites is 1. The molecular weight excluding hydrogens is 216 g/mol. The molecule has 0 radical (unpaired) electrons. The number of hydrogen-bond donors (Lipinski definition) is 2. The summed E-state index contributed by atoms with van der Waals surface area (Å²) in [6, 6.07) is 7.53. The highest BCUT2D eigenvalue weighted by Crippen LogP contribution is 2.27. The van der Waals surface area contributed by atoms with E-state index in [0.717, 1.165) is 12.2 Å². The Bertz CT molecular complexity index is 381. The van der Waals surface area contributed by atoms with E-state index in [1.54, 1.807) is 0 Å². The number of nitrogens with two attached hydrogens (primary N) is 1. The van der Waals surface area contributed by atoms with Gasteiger partial charge in [-0.1, -0.05) is 25.1 Å². The van der Waals surface area contributed by atoms with Crippen LogP contribution >= 0.6 is 0 Å². The van der Waals surface area contributed by atoms with Crippen LogP contribution in [0, 0.1) is 0 Å². The summed E-state index contributed by atoms with van der Waals surface area (Å²) in [5.74, 6) is 0.818. The Balaban J connectivity index is 1.82. The number of fused-ring (bicyclic) bond motifs is 1. The molecular formula is C13H18N2O2. The molecule has 0 spiro atoms. The standard InChI is InChI=1S/C13H18N2O2/c1-2-11(14)13(16)15-8-10-7-9-5-3-4-6-12(9)17-10/h3-6,10-11H,2,7-8,14H2,1H3,(H,15,16)/t10?,11-/m1/s1. The van der Waals surface area contributed by atoms with Crippen molar-refractivity contribution in [3.63, 3.8) is 0 Å². The van der Waals surface area contributed by atoms with Crippen molar-refractivity contribution in [3.05, 3.63) is 29.8 Å². The second-order valence-electron chi connectivity index (χ2n) is 4.31. The summed E-state index contributed by atoms with van der Waals surface area (Å²) in [6.45, 7) is 2.41. The molecule has 4 heteroatoms. The molecule has 0 fully saturated rings. The first-order chi connectivity index (χ1) is 8.20. The van der Waals surface area contributed by atoms with E-state index in [1.807, 2.05) is 25.1 Å². The Morgan fingerprint density at radius 1 is 1.59 bits per heavy atom. The summed E-state index contributed by atoms with van der Waals surface area (Å²) >= 11 is 0. The molecule has 17 heavy (non-hydrogen) atoms. The minimum atomic E-state index is -0.418. The molecule has 92 valence electrons. The largest absolute Gasteiger partial charge is 0.488 e. The van der Waals surface area contributed by atoms with E-state index in [-0.39, 0.29) is 12.0 Å². The molecule has 2 atom stereocenters. The van der Waals surface area contributed by atoms with Gasteiger partial charge < -0.3 is 15.8 Å². The van der Waals surface area contributed by atoms with Crippen molar-refractivity contribution in [2.24, 2.45) is 5.73 Å². The van der Waals surface area contributed by atoms with Crippen molar-refractivity contribution < 1.29 is 9.53 Å². The second kappa shape index (κ2) is 5.19. The molecule has 1 unspecified atom stereocenters. The average molecular weight is 234 g/mol. The monoisotopic (exact) mass is 234 g/mol. The van der Waals surface area contributed by atoms with E-state index in [1.165, 1.54) is 5.56 Å². The zero-order valence-corrected chi connectivity index (χ0v) is 9.98. The van der Waals surface area contributed by atoms with E-state index in [4.69, 9.17) is 10.5 Å². The first kappa shape index (κ1) is 11.9. The van der Waals surface area contributed by atoms with Gasteiger partial charge in [0, 0.05) is 6.42 Å².